The zero-order chi connectivity index (χ0) is 10.6. The normalized spacial score (nSPS) is 10.8. The molecule has 1 heterocycles. The maximum absolute atomic E-state index is 9.02. The largest absolute Gasteiger partial charge is 0.258 e. The first-order chi connectivity index (χ1) is 6.47. The Bertz CT molecular complexity index is 472. The number of aromatic nitrogens is 3. The van der Waals surface area contributed by atoms with Gasteiger partial charge in [0, 0.05) is 0 Å². The van der Waals surface area contributed by atoms with E-state index in [9.17, 15) is 0 Å². The van der Waals surface area contributed by atoms with E-state index < -0.39 is 8.64 Å². The molecule has 14 heavy (non-hydrogen) atoms. The van der Waals surface area contributed by atoms with Gasteiger partial charge in [-0.25, -0.2) is 0 Å². The topological polar surface area (TPSA) is 95.9 Å². The van der Waals surface area contributed by atoms with Gasteiger partial charge in [0.05, 0.1) is 5.52 Å². The van der Waals surface area contributed by atoms with Crippen LogP contribution in [0.25, 0.3) is 11.0 Å². The number of aromatic amines is 1. The maximum Gasteiger partial charge on any atom is 0.112 e. The minimum atomic E-state index is -4.04. The summed E-state index contributed by atoms with van der Waals surface area (Å²) in [6.07, 6.45) is 0. The average molecular weight is 259 g/mol. The van der Waals surface area contributed by atoms with Crippen molar-refractivity contribution in [3.8, 4) is 0 Å². The first kappa shape index (κ1) is 11.1. The van der Waals surface area contributed by atoms with Crippen LogP contribution in [0, 0.1) is 0 Å². The molecule has 0 aliphatic heterocycles. The minimum Gasteiger partial charge on any atom is -0.258 e. The Hall–Kier alpha value is -0.976. The van der Waals surface area contributed by atoms with Crippen molar-refractivity contribution in [2.75, 3.05) is 0 Å². The Morgan fingerprint density at radius 1 is 1.36 bits per heavy atom. The molecule has 0 radical (unpaired) electrons. The molecule has 0 spiro atoms. The van der Waals surface area contributed by atoms with E-state index in [0.717, 1.165) is 11.0 Å². The SMILES string of the molecule is O=[S](=O)(O)[Ni].c1ccc2[nH]nnc2c1. The summed E-state index contributed by atoms with van der Waals surface area (Å²) in [6.45, 7) is 0. The number of H-pyrrole nitrogens is 1. The number of nitrogens with zero attached hydrogens (tertiary/aromatic N) is 2. The molecule has 0 saturated carbocycles. The van der Waals surface area contributed by atoms with Crippen LogP contribution >= 0.6 is 0 Å². The third kappa shape index (κ3) is 4.31. The Morgan fingerprint density at radius 2 is 1.93 bits per heavy atom. The molecule has 0 unspecified atom stereocenters. The van der Waals surface area contributed by atoms with Gasteiger partial charge in [-0.3, -0.25) is 5.10 Å². The average Bonchev–Trinajstić information content (AvgIpc) is 2.47. The standard InChI is InChI=1S/C6H5N3.Ni.HO3S/c1-2-4-6-5(3-1)7-9-8-6;;1-4(2)3/h1-4H,(H,7,8,9);;(H,1,2,3). The Balaban J connectivity index is 0.000000171. The third-order valence-electron chi connectivity index (χ3n) is 1.23. The second kappa shape index (κ2) is 4.50. The molecule has 0 fully saturated rings. The van der Waals surface area contributed by atoms with E-state index in [1.165, 1.54) is 0 Å². The maximum atomic E-state index is 9.02. The summed E-state index contributed by atoms with van der Waals surface area (Å²) >= 11 is 3.09. The van der Waals surface area contributed by atoms with Gasteiger partial charge >= 0.3 is 36.0 Å². The van der Waals surface area contributed by atoms with Gasteiger partial charge in [0.15, 0.2) is 0 Å². The van der Waals surface area contributed by atoms with Crippen LogP contribution in [0.15, 0.2) is 24.3 Å². The molecule has 0 saturated heterocycles. The van der Waals surface area contributed by atoms with Crippen LogP contribution in [0.2, 0.25) is 0 Å². The predicted octanol–water partition coefficient (Wildman–Crippen LogP) is 0.294. The zero-order valence-electron chi connectivity index (χ0n) is 6.69. The Morgan fingerprint density at radius 3 is 2.50 bits per heavy atom. The molecule has 2 aromatic rings. The fourth-order valence-electron chi connectivity index (χ4n) is 0.788. The van der Waals surface area contributed by atoms with Crippen molar-refractivity contribution >= 4 is 19.7 Å². The van der Waals surface area contributed by atoms with Crippen molar-refractivity contribution in [3.05, 3.63) is 24.3 Å². The molecule has 2 N–H and O–H groups in total. The first-order valence-electron chi connectivity index (χ1n) is 3.37. The van der Waals surface area contributed by atoms with Gasteiger partial charge in [-0.1, -0.05) is 17.3 Å². The van der Waals surface area contributed by atoms with Crippen LogP contribution in [0.4, 0.5) is 0 Å². The van der Waals surface area contributed by atoms with E-state index in [4.69, 9.17) is 13.0 Å². The fourth-order valence-corrected chi connectivity index (χ4v) is 0.788. The number of para-hydroxylation sites is 1. The molecule has 8 heteroatoms. The Labute approximate surface area is 86.9 Å². The van der Waals surface area contributed by atoms with Crippen molar-refractivity contribution in [1.29, 1.82) is 0 Å². The second-order valence-corrected chi connectivity index (χ2v) is 4.50. The van der Waals surface area contributed by atoms with Gasteiger partial charge in [0.25, 0.3) is 0 Å². The number of benzene rings is 1. The van der Waals surface area contributed by atoms with Crippen molar-refractivity contribution < 1.29 is 27.3 Å². The molecule has 0 amide bonds. The van der Waals surface area contributed by atoms with Crippen molar-refractivity contribution in [3.63, 3.8) is 0 Å². The summed E-state index contributed by atoms with van der Waals surface area (Å²) < 4.78 is 25.4. The van der Waals surface area contributed by atoms with Gasteiger partial charge in [0.2, 0.25) is 0 Å². The van der Waals surface area contributed by atoms with E-state index in [1.807, 2.05) is 24.3 Å². The van der Waals surface area contributed by atoms with E-state index >= 15 is 0 Å². The van der Waals surface area contributed by atoms with Gasteiger partial charge in [-0.15, -0.1) is 5.10 Å². The van der Waals surface area contributed by atoms with Gasteiger partial charge < -0.3 is 0 Å². The molecular weight excluding hydrogens is 253 g/mol. The van der Waals surface area contributed by atoms with Crippen molar-refractivity contribution in [2.24, 2.45) is 0 Å². The Kier molecular flexibility index (Phi) is 3.57. The number of nitrogens with one attached hydrogen (secondary N) is 1. The number of hydrogen-bond donors (Lipinski definition) is 2. The smallest absolute Gasteiger partial charge is 0.112 e. The molecule has 1 aromatic heterocycles. The molecule has 0 bridgehead atoms. The van der Waals surface area contributed by atoms with Crippen LogP contribution in [-0.4, -0.2) is 28.4 Å². The summed E-state index contributed by atoms with van der Waals surface area (Å²) in [5.74, 6) is 0. The monoisotopic (exact) mass is 258 g/mol. The molecule has 1 aromatic carbocycles. The van der Waals surface area contributed by atoms with Crippen molar-refractivity contribution in [2.45, 2.75) is 0 Å². The predicted molar refractivity (Wildman–Crippen MR) is 45.4 cm³/mol. The third-order valence-corrected chi connectivity index (χ3v) is 1.23. The van der Waals surface area contributed by atoms with Gasteiger partial charge in [0.1, 0.15) is 5.52 Å². The van der Waals surface area contributed by atoms with E-state index in [2.05, 4.69) is 29.8 Å². The number of fused-ring (bicyclic) bond motifs is 1. The van der Waals surface area contributed by atoms with E-state index in [0.29, 0.717) is 0 Å². The summed E-state index contributed by atoms with van der Waals surface area (Å²) in [6, 6.07) is 7.74. The van der Waals surface area contributed by atoms with Gasteiger partial charge in [-0.2, -0.15) is 0 Å². The minimum absolute atomic E-state index is 0.914. The molecular formula is C6H6N3NiO3S. The van der Waals surface area contributed by atoms with E-state index in [1.54, 1.807) is 0 Å². The fraction of sp³-hybridized carbons (Fsp3) is 0. The van der Waals surface area contributed by atoms with Crippen LogP contribution in [0.1, 0.15) is 0 Å². The molecule has 6 nitrogen and oxygen atoms in total. The molecule has 0 aliphatic rings. The van der Waals surface area contributed by atoms with Gasteiger partial charge in [-0.05, 0) is 12.1 Å². The van der Waals surface area contributed by atoms with Crippen LogP contribution in [0.3, 0.4) is 0 Å². The number of hydrogen-bond acceptors (Lipinski definition) is 4. The van der Waals surface area contributed by atoms with E-state index in [-0.39, 0.29) is 0 Å². The first-order valence-corrected chi connectivity index (χ1v) is 5.87. The zero-order valence-corrected chi connectivity index (χ0v) is 8.50. The van der Waals surface area contributed by atoms with Crippen molar-refractivity contribution in [1.82, 2.24) is 15.4 Å². The van der Waals surface area contributed by atoms with Crippen LogP contribution in [0.5, 0.6) is 0 Å². The summed E-state index contributed by atoms with van der Waals surface area (Å²) in [5.41, 5.74) is 1.90. The second-order valence-electron chi connectivity index (χ2n) is 2.21. The number of rotatable bonds is 0. The molecule has 0 atom stereocenters. The van der Waals surface area contributed by atoms with Crippen LogP contribution < -0.4 is 0 Å². The summed E-state index contributed by atoms with van der Waals surface area (Å²) in [4.78, 5) is 0. The molecule has 79 valence electrons. The quantitative estimate of drug-likeness (QED) is 0.523. The molecule has 0 aliphatic carbocycles. The molecule has 2 rings (SSSR count). The summed E-state index contributed by atoms with van der Waals surface area (Å²) in [7, 11) is -4.04. The van der Waals surface area contributed by atoms with Crippen LogP contribution in [-0.2, 0) is 23.0 Å². The summed E-state index contributed by atoms with van der Waals surface area (Å²) in [5, 5.41) is 10.2.